The Morgan fingerprint density at radius 3 is 2.65 bits per heavy atom. The molecule has 0 aliphatic carbocycles. The van der Waals surface area contributed by atoms with Crippen molar-refractivity contribution in [3.05, 3.63) is 71.9 Å². The van der Waals surface area contributed by atoms with Gasteiger partial charge >= 0.3 is 0 Å². The molecule has 8 heteroatoms. The maximum Gasteiger partial charge on any atom is 0.249 e. The van der Waals surface area contributed by atoms with Gasteiger partial charge in [0.05, 0.1) is 37.0 Å². The van der Waals surface area contributed by atoms with Crippen LogP contribution in [0.2, 0.25) is 0 Å². The molecule has 2 aromatic rings. The number of benzene rings is 2. The fraction of sp³-hybridized carbons (Fsp3) is 0.261. The molecule has 0 saturated carbocycles. The Bertz CT molecular complexity index is 1040. The van der Waals surface area contributed by atoms with Gasteiger partial charge in [-0.25, -0.2) is 4.99 Å². The Labute approximate surface area is 181 Å². The van der Waals surface area contributed by atoms with Crippen molar-refractivity contribution in [1.82, 2.24) is 4.90 Å². The van der Waals surface area contributed by atoms with E-state index in [4.69, 9.17) is 20.7 Å². The highest BCUT2D eigenvalue weighted by molar-refractivity contribution is 5.95. The number of carbonyl (C=O) groups is 1. The first-order valence-electron chi connectivity index (χ1n) is 10.1. The van der Waals surface area contributed by atoms with Crippen LogP contribution < -0.4 is 16.0 Å². The lowest BCUT2D eigenvalue weighted by Crippen LogP contribution is -2.40. The van der Waals surface area contributed by atoms with E-state index < -0.39 is 11.6 Å². The fourth-order valence-corrected chi connectivity index (χ4v) is 3.82. The van der Waals surface area contributed by atoms with E-state index in [1.165, 1.54) is 0 Å². The largest absolute Gasteiger partial charge is 0.378 e. The highest BCUT2D eigenvalue weighted by Gasteiger charge is 2.35. The maximum atomic E-state index is 12.2. The molecule has 3 N–H and O–H groups in total. The Morgan fingerprint density at radius 2 is 1.94 bits per heavy atom. The summed E-state index contributed by atoms with van der Waals surface area (Å²) in [6.07, 6.45) is 5.24. The summed E-state index contributed by atoms with van der Waals surface area (Å²) < 4.78 is 5.50. The van der Waals surface area contributed by atoms with Gasteiger partial charge in [0.15, 0.2) is 5.66 Å². The minimum Gasteiger partial charge on any atom is -0.378 e. The number of hydrogen-bond donors (Lipinski definition) is 2. The third-order valence-electron chi connectivity index (χ3n) is 5.35. The lowest BCUT2D eigenvalue weighted by atomic mass is 9.92. The van der Waals surface area contributed by atoms with Crippen molar-refractivity contribution in [3.8, 4) is 6.07 Å². The number of nitrogens with two attached hydrogens (primary N) is 1. The van der Waals surface area contributed by atoms with Crippen LogP contribution in [0.25, 0.3) is 0 Å². The number of rotatable bonds is 6. The average molecular weight is 416 g/mol. The number of carbonyl (C=O) groups excluding carboxylic acids is 1. The van der Waals surface area contributed by atoms with E-state index in [1.54, 1.807) is 29.6 Å². The molecule has 2 aliphatic heterocycles. The van der Waals surface area contributed by atoms with Crippen LogP contribution in [-0.4, -0.2) is 50.0 Å². The van der Waals surface area contributed by atoms with E-state index in [9.17, 15) is 4.79 Å². The molecule has 2 aliphatic rings. The molecule has 0 spiro atoms. The van der Waals surface area contributed by atoms with E-state index in [0.29, 0.717) is 24.3 Å². The standard InChI is InChI=1S/C23H24N6O2/c24-10-12-28-11-9-23(26-17-28,19-6-2-1-5-18(19)22(25)30)27-20-7-3-4-8-21(20)29-13-15-31-16-14-29/h1-9,11,17,27H,12-16H2,(H2,25,30). The third-order valence-corrected chi connectivity index (χ3v) is 5.35. The molecule has 8 nitrogen and oxygen atoms in total. The van der Waals surface area contributed by atoms with Crippen molar-refractivity contribution in [1.29, 1.82) is 5.26 Å². The number of aliphatic imine (C=N–C) groups is 1. The summed E-state index contributed by atoms with van der Waals surface area (Å²) in [5.41, 5.74) is 7.55. The minimum absolute atomic E-state index is 0.178. The number of anilines is 2. The topological polar surface area (TPSA) is 107 Å². The van der Waals surface area contributed by atoms with Crippen LogP contribution in [0.15, 0.2) is 65.8 Å². The van der Waals surface area contributed by atoms with E-state index in [2.05, 4.69) is 22.4 Å². The molecule has 2 aromatic carbocycles. The first-order valence-corrected chi connectivity index (χ1v) is 10.1. The molecule has 158 valence electrons. The Kier molecular flexibility index (Phi) is 5.87. The lowest BCUT2D eigenvalue weighted by molar-refractivity contribution is 0.0998. The van der Waals surface area contributed by atoms with Crippen molar-refractivity contribution in [3.63, 3.8) is 0 Å². The highest BCUT2D eigenvalue weighted by Crippen LogP contribution is 2.37. The SMILES string of the molecule is N#CCN1C=CC(Nc2ccccc2N2CCOCC2)(c2ccccc2C(N)=O)N=C1. The summed E-state index contributed by atoms with van der Waals surface area (Å²) >= 11 is 0. The van der Waals surface area contributed by atoms with Gasteiger partial charge in [-0.3, -0.25) is 4.79 Å². The zero-order chi connectivity index (χ0) is 21.7. The van der Waals surface area contributed by atoms with Crippen molar-refractivity contribution in [2.75, 3.05) is 43.1 Å². The molecule has 4 rings (SSSR count). The Balaban J connectivity index is 1.78. The molecule has 1 saturated heterocycles. The summed E-state index contributed by atoms with van der Waals surface area (Å²) in [6.45, 7) is 3.10. The van der Waals surface area contributed by atoms with Gasteiger partial charge in [0.1, 0.15) is 6.54 Å². The van der Waals surface area contributed by atoms with Crippen LogP contribution in [-0.2, 0) is 10.4 Å². The summed E-state index contributed by atoms with van der Waals surface area (Å²) in [7, 11) is 0. The van der Waals surface area contributed by atoms with E-state index in [1.807, 2.05) is 36.4 Å². The smallest absolute Gasteiger partial charge is 0.249 e. The number of morpholine rings is 1. The van der Waals surface area contributed by atoms with Gasteiger partial charge in [-0.15, -0.1) is 0 Å². The summed E-state index contributed by atoms with van der Waals surface area (Å²) in [5.74, 6) is -0.527. The molecule has 2 heterocycles. The predicted octanol–water partition coefficient (Wildman–Crippen LogP) is 2.27. The number of primary amides is 1. The Morgan fingerprint density at radius 1 is 1.19 bits per heavy atom. The number of ether oxygens (including phenoxy) is 1. The van der Waals surface area contributed by atoms with E-state index in [-0.39, 0.29) is 6.54 Å². The molecule has 0 radical (unpaired) electrons. The maximum absolute atomic E-state index is 12.2. The number of nitrogens with one attached hydrogen (secondary N) is 1. The molecule has 1 unspecified atom stereocenters. The van der Waals surface area contributed by atoms with Gasteiger partial charge in [0.25, 0.3) is 0 Å². The van der Waals surface area contributed by atoms with Crippen LogP contribution in [0.3, 0.4) is 0 Å². The van der Waals surface area contributed by atoms with Gasteiger partial charge in [0, 0.05) is 30.4 Å². The van der Waals surface area contributed by atoms with Gasteiger partial charge in [-0.2, -0.15) is 5.26 Å². The van der Waals surface area contributed by atoms with Gasteiger partial charge in [-0.1, -0.05) is 30.3 Å². The second kappa shape index (κ2) is 8.90. The van der Waals surface area contributed by atoms with Crippen LogP contribution in [0, 0.1) is 11.3 Å². The van der Waals surface area contributed by atoms with Gasteiger partial charge < -0.3 is 25.6 Å². The second-order valence-electron chi connectivity index (χ2n) is 7.31. The molecule has 0 aromatic heterocycles. The number of nitrogens with zero attached hydrogens (tertiary/aromatic N) is 4. The molecule has 1 atom stereocenters. The quantitative estimate of drug-likeness (QED) is 0.700. The first-order chi connectivity index (χ1) is 15.1. The molecule has 31 heavy (non-hydrogen) atoms. The first kappa shape index (κ1) is 20.4. The predicted molar refractivity (Wildman–Crippen MR) is 120 cm³/mol. The number of nitriles is 1. The average Bonchev–Trinajstić information content (AvgIpc) is 2.81. The van der Waals surface area contributed by atoms with Crippen molar-refractivity contribution < 1.29 is 9.53 Å². The van der Waals surface area contributed by atoms with Crippen molar-refractivity contribution in [2.45, 2.75) is 5.66 Å². The van der Waals surface area contributed by atoms with Gasteiger partial charge in [-0.05, 0) is 24.3 Å². The molecular weight excluding hydrogens is 392 g/mol. The third kappa shape index (κ3) is 4.22. The highest BCUT2D eigenvalue weighted by atomic mass is 16.5. The molecule has 0 bridgehead atoms. The minimum atomic E-state index is -1.06. The number of hydrogen-bond acceptors (Lipinski definition) is 7. The van der Waals surface area contributed by atoms with E-state index >= 15 is 0 Å². The zero-order valence-electron chi connectivity index (χ0n) is 17.1. The van der Waals surface area contributed by atoms with Crippen LogP contribution >= 0.6 is 0 Å². The number of para-hydroxylation sites is 2. The van der Waals surface area contributed by atoms with Crippen LogP contribution in [0.5, 0.6) is 0 Å². The monoisotopic (exact) mass is 416 g/mol. The van der Waals surface area contributed by atoms with Crippen LogP contribution in [0.4, 0.5) is 11.4 Å². The molecule has 1 amide bonds. The zero-order valence-corrected chi connectivity index (χ0v) is 17.1. The number of amides is 1. The van der Waals surface area contributed by atoms with Gasteiger partial charge in [0.2, 0.25) is 5.91 Å². The normalized spacial score (nSPS) is 20.4. The molecular formula is C23H24N6O2. The summed E-state index contributed by atoms with van der Waals surface area (Å²) in [6, 6.07) is 17.3. The summed E-state index contributed by atoms with van der Waals surface area (Å²) in [5, 5.41) is 12.6. The molecule has 1 fully saturated rings. The van der Waals surface area contributed by atoms with Crippen molar-refractivity contribution >= 4 is 23.6 Å². The van der Waals surface area contributed by atoms with Crippen molar-refractivity contribution in [2.24, 2.45) is 10.7 Å². The summed E-state index contributed by atoms with van der Waals surface area (Å²) in [4.78, 5) is 20.9. The van der Waals surface area contributed by atoms with E-state index in [0.717, 1.165) is 24.5 Å². The Hall–Kier alpha value is -3.83. The van der Waals surface area contributed by atoms with Crippen LogP contribution in [0.1, 0.15) is 15.9 Å². The second-order valence-corrected chi connectivity index (χ2v) is 7.31. The fourth-order valence-electron chi connectivity index (χ4n) is 3.82. The lowest BCUT2D eigenvalue weighted by Gasteiger charge is -2.37.